The average molecular weight is 655 g/mol. The number of aliphatic imine (C=N–C) groups is 1. The van der Waals surface area contributed by atoms with Crippen molar-refractivity contribution < 1.29 is 13.3 Å². The summed E-state index contributed by atoms with van der Waals surface area (Å²) in [5, 5.41) is 3.83. The third-order valence-corrected chi connectivity index (χ3v) is 12.3. The van der Waals surface area contributed by atoms with Gasteiger partial charge in [-0.05, 0) is 96.1 Å². The number of allylic oxidation sites excluding steroid dienone is 2. The van der Waals surface area contributed by atoms with Crippen LogP contribution in [0.3, 0.4) is 0 Å². The van der Waals surface area contributed by atoms with Crippen LogP contribution in [0.15, 0.2) is 53.2 Å². The Kier molecular flexibility index (Phi) is 17.2. The Hall–Kier alpha value is -1.90. The van der Waals surface area contributed by atoms with Gasteiger partial charge >= 0.3 is 8.80 Å². The van der Waals surface area contributed by atoms with Gasteiger partial charge in [-0.25, -0.2) is 0 Å². The average Bonchev–Trinajstić information content (AvgIpc) is 3.00. The number of thioether (sulfide) groups is 1. The Labute approximate surface area is 281 Å². The zero-order valence-corrected chi connectivity index (χ0v) is 32.2. The summed E-state index contributed by atoms with van der Waals surface area (Å²) in [7, 11) is 2.59. The summed E-state index contributed by atoms with van der Waals surface area (Å²) in [5.74, 6) is 3.91. The Bertz CT molecular complexity index is 1170. The topological polar surface area (TPSA) is 52.1 Å². The third-order valence-electron chi connectivity index (χ3n) is 8.35. The molecule has 0 bridgehead atoms. The molecule has 0 aliphatic heterocycles. The molecule has 0 saturated heterocycles. The van der Waals surface area contributed by atoms with E-state index in [-0.39, 0.29) is 0 Å². The predicted octanol–water partition coefficient (Wildman–Crippen LogP) is 11.4. The van der Waals surface area contributed by atoms with Crippen molar-refractivity contribution in [3.8, 4) is 0 Å². The molecule has 2 rings (SSSR count). The van der Waals surface area contributed by atoms with E-state index in [1.807, 2.05) is 11.8 Å². The minimum atomic E-state index is -2.48. The van der Waals surface area contributed by atoms with Gasteiger partial charge < -0.3 is 18.6 Å². The zero-order chi connectivity index (χ0) is 33.6. The van der Waals surface area contributed by atoms with E-state index < -0.39 is 8.80 Å². The van der Waals surface area contributed by atoms with Crippen molar-refractivity contribution in [2.45, 2.75) is 118 Å². The second-order valence-electron chi connectivity index (χ2n) is 13.2. The van der Waals surface area contributed by atoms with Crippen molar-refractivity contribution >= 4 is 37.7 Å². The predicted molar refractivity (Wildman–Crippen MR) is 201 cm³/mol. The number of rotatable bonds is 20. The van der Waals surface area contributed by atoms with Gasteiger partial charge in [0.1, 0.15) is 0 Å². The highest BCUT2D eigenvalue weighted by Crippen LogP contribution is 2.36. The lowest BCUT2D eigenvalue weighted by atomic mass is 9.92. The van der Waals surface area contributed by atoms with E-state index in [1.165, 1.54) is 27.9 Å². The number of nitrogens with zero attached hydrogens (tertiary/aromatic N) is 1. The maximum atomic E-state index is 5.57. The number of anilines is 1. The van der Waals surface area contributed by atoms with Crippen LogP contribution in [0.1, 0.15) is 134 Å². The molecule has 0 fully saturated rings. The van der Waals surface area contributed by atoms with E-state index in [1.54, 1.807) is 21.3 Å². The van der Waals surface area contributed by atoms with Gasteiger partial charge in [0.2, 0.25) is 0 Å². The van der Waals surface area contributed by atoms with Crippen LogP contribution in [-0.2, 0) is 13.3 Å². The van der Waals surface area contributed by atoms with Crippen LogP contribution in [0.4, 0.5) is 11.4 Å². The molecular weight excluding hydrogens is 593 g/mol. The van der Waals surface area contributed by atoms with Gasteiger partial charge in [-0.2, -0.15) is 11.8 Å². The molecule has 0 heterocycles. The monoisotopic (exact) mass is 654 g/mol. The standard InChI is InChI=1S/C38H62N2O3SSi/c1-27(2)33-19-15-20-34(28(3)4)37(33)39-31(9)26-32(40-38-35(29(5)6)21-16-22-36(38)30(7)8)18-13-14-23-44-24-17-25-45(41-10,42-11)43-12/h15-16,19-22,26-30,39H,13-14,17-18,23-25H2,1-12H3/b31-26+,40-32?. The minimum absolute atomic E-state index is 0.408. The molecule has 5 nitrogen and oxygen atoms in total. The summed E-state index contributed by atoms with van der Waals surface area (Å²) in [6.07, 6.45) is 6.53. The number of nitrogens with one attached hydrogen (secondary N) is 1. The van der Waals surface area contributed by atoms with Crippen molar-refractivity contribution in [1.82, 2.24) is 0 Å². The van der Waals surface area contributed by atoms with Crippen LogP contribution in [0, 0.1) is 0 Å². The van der Waals surface area contributed by atoms with Crippen molar-refractivity contribution in [2.24, 2.45) is 4.99 Å². The maximum Gasteiger partial charge on any atom is 0.500 e. The van der Waals surface area contributed by atoms with Gasteiger partial charge in [0.05, 0.1) is 5.69 Å². The van der Waals surface area contributed by atoms with Crippen LogP contribution in [0.25, 0.3) is 0 Å². The van der Waals surface area contributed by atoms with Gasteiger partial charge in [-0.1, -0.05) is 91.8 Å². The number of benzene rings is 2. The maximum absolute atomic E-state index is 5.57. The SMILES string of the molecule is CO[Si](CCCSCCCCC(/C=C(\C)Nc1c(C(C)C)cccc1C(C)C)=Nc1c(C(C)C)cccc1C(C)C)(OC)OC. The molecule has 0 aromatic heterocycles. The van der Waals surface area contributed by atoms with E-state index in [4.69, 9.17) is 18.3 Å². The van der Waals surface area contributed by atoms with E-state index in [9.17, 15) is 0 Å². The molecule has 0 atom stereocenters. The molecule has 0 unspecified atom stereocenters. The molecule has 1 N–H and O–H groups in total. The fraction of sp³-hybridized carbons (Fsp3) is 0.605. The minimum Gasteiger partial charge on any atom is -0.377 e. The fourth-order valence-corrected chi connectivity index (χ4v) is 8.62. The van der Waals surface area contributed by atoms with Crippen molar-refractivity contribution in [1.29, 1.82) is 0 Å². The molecule has 0 radical (unpaired) electrons. The van der Waals surface area contributed by atoms with Crippen molar-refractivity contribution in [2.75, 3.05) is 38.2 Å². The molecule has 0 saturated carbocycles. The van der Waals surface area contributed by atoms with Crippen molar-refractivity contribution in [3.63, 3.8) is 0 Å². The highest BCUT2D eigenvalue weighted by atomic mass is 32.2. The van der Waals surface area contributed by atoms with Gasteiger partial charge in [0, 0.05) is 44.5 Å². The van der Waals surface area contributed by atoms with Gasteiger partial charge in [0.25, 0.3) is 0 Å². The summed E-state index contributed by atoms with van der Waals surface area (Å²) >= 11 is 2.01. The highest BCUT2D eigenvalue weighted by Gasteiger charge is 2.36. The normalized spacial score (nSPS) is 13.2. The Balaban J connectivity index is 2.30. The molecule has 45 heavy (non-hydrogen) atoms. The largest absolute Gasteiger partial charge is 0.500 e. The highest BCUT2D eigenvalue weighted by molar-refractivity contribution is 7.99. The second kappa shape index (κ2) is 19.7. The Morgan fingerprint density at radius 1 is 0.733 bits per heavy atom. The molecule has 7 heteroatoms. The lowest BCUT2D eigenvalue weighted by molar-refractivity contribution is 0.123. The molecule has 252 valence electrons. The molecule has 2 aromatic carbocycles. The van der Waals surface area contributed by atoms with E-state index >= 15 is 0 Å². The molecule has 0 amide bonds. The van der Waals surface area contributed by atoms with Crippen LogP contribution >= 0.6 is 11.8 Å². The first-order chi connectivity index (χ1) is 21.4. The summed E-state index contributed by atoms with van der Waals surface area (Å²) in [5.41, 5.74) is 10.0. The third kappa shape index (κ3) is 12.0. The molecular formula is C38H62N2O3SSi. The van der Waals surface area contributed by atoms with Gasteiger partial charge in [-0.15, -0.1) is 0 Å². The lowest BCUT2D eigenvalue weighted by Crippen LogP contribution is -2.42. The lowest BCUT2D eigenvalue weighted by Gasteiger charge is -2.24. The number of para-hydroxylation sites is 2. The van der Waals surface area contributed by atoms with Crippen LogP contribution in [0.2, 0.25) is 6.04 Å². The molecule has 2 aromatic rings. The first-order valence-corrected chi connectivity index (χ1v) is 20.0. The van der Waals surface area contributed by atoms with E-state index in [2.05, 4.69) is 110 Å². The summed E-state index contributed by atoms with van der Waals surface area (Å²) in [4.78, 5) is 5.46. The van der Waals surface area contributed by atoms with Crippen LogP contribution in [0.5, 0.6) is 0 Å². The van der Waals surface area contributed by atoms with Gasteiger partial charge in [-0.3, -0.25) is 4.99 Å². The van der Waals surface area contributed by atoms with Crippen LogP contribution in [-0.4, -0.2) is 47.4 Å². The summed E-state index contributed by atoms with van der Waals surface area (Å²) in [6.45, 7) is 20.4. The fourth-order valence-electron chi connectivity index (χ4n) is 5.68. The smallest absolute Gasteiger partial charge is 0.377 e. The van der Waals surface area contributed by atoms with Crippen molar-refractivity contribution in [3.05, 3.63) is 70.4 Å². The van der Waals surface area contributed by atoms with E-state index in [0.717, 1.165) is 60.3 Å². The Morgan fingerprint density at radius 2 is 1.20 bits per heavy atom. The zero-order valence-electron chi connectivity index (χ0n) is 30.4. The first-order valence-electron chi connectivity index (χ1n) is 16.9. The Morgan fingerprint density at radius 3 is 1.67 bits per heavy atom. The van der Waals surface area contributed by atoms with Gasteiger partial charge in [0.15, 0.2) is 0 Å². The molecule has 0 aliphatic carbocycles. The number of hydrogen-bond acceptors (Lipinski definition) is 6. The second-order valence-corrected chi connectivity index (χ2v) is 17.6. The van der Waals surface area contributed by atoms with E-state index in [0.29, 0.717) is 23.7 Å². The number of unbranched alkanes of at least 4 members (excludes halogenated alkanes) is 1. The molecule has 0 spiro atoms. The first kappa shape index (κ1) is 39.3. The number of hydrogen-bond donors (Lipinski definition) is 1. The quantitative estimate of drug-likeness (QED) is 0.0874. The summed E-state index contributed by atoms with van der Waals surface area (Å²) in [6, 6.07) is 14.3. The van der Waals surface area contributed by atoms with Crippen LogP contribution < -0.4 is 5.32 Å². The molecule has 0 aliphatic rings. The summed E-state index contributed by atoms with van der Waals surface area (Å²) < 4.78 is 16.7.